The van der Waals surface area contributed by atoms with Crippen molar-refractivity contribution < 1.29 is 23.0 Å². The second-order valence-corrected chi connectivity index (χ2v) is 14.1. The maximum atomic E-state index is 14.9. The number of aromatic nitrogens is 2. The summed E-state index contributed by atoms with van der Waals surface area (Å²) in [6, 6.07) is 8.63. The number of hydrogen-bond donors (Lipinski definition) is 1. The Morgan fingerprint density at radius 3 is 2.90 bits per heavy atom. The molecular weight excluding hydrogens is 649 g/mol. The topological polar surface area (TPSA) is 101 Å². The molecule has 13 heteroatoms. The van der Waals surface area contributed by atoms with Gasteiger partial charge in [-0.25, -0.2) is 13.6 Å². The van der Waals surface area contributed by atoms with E-state index >= 15 is 0 Å². The zero-order valence-electron chi connectivity index (χ0n) is 27.6. The monoisotopic (exact) mass is 687 g/mol. The number of anilines is 2. The van der Waals surface area contributed by atoms with Crippen LogP contribution in [0.5, 0.6) is 6.01 Å². The van der Waals surface area contributed by atoms with Crippen LogP contribution in [0, 0.1) is 12.4 Å². The molecule has 0 spiro atoms. The van der Waals surface area contributed by atoms with Crippen LogP contribution in [-0.4, -0.2) is 96.0 Å². The second-order valence-electron chi connectivity index (χ2n) is 13.1. The average molecular weight is 688 g/mol. The molecule has 5 heterocycles. The number of fused-ring (bicyclic) bond motifs is 3. The number of hydrogen-bond acceptors (Lipinski definition) is 9. The summed E-state index contributed by atoms with van der Waals surface area (Å²) >= 11 is 1.06. The zero-order valence-corrected chi connectivity index (χ0v) is 28.4. The molecule has 3 aliphatic heterocycles. The summed E-state index contributed by atoms with van der Waals surface area (Å²) in [4.78, 5) is 32.5. The number of carbonyl (C=O) groups is 1. The van der Waals surface area contributed by atoms with E-state index < -0.39 is 12.0 Å². The molecule has 1 amide bonds. The number of likely N-dealkylation sites (tertiary alicyclic amines) is 1. The van der Waals surface area contributed by atoms with E-state index in [2.05, 4.69) is 21.2 Å². The van der Waals surface area contributed by atoms with Gasteiger partial charge in [0.2, 0.25) is 11.6 Å². The van der Waals surface area contributed by atoms with Crippen molar-refractivity contribution in [2.45, 2.75) is 56.4 Å². The molecule has 2 aromatic heterocycles. The number of thiophene rings is 1. The zero-order chi connectivity index (χ0) is 34.4. The Hall–Kier alpha value is -4.38. The van der Waals surface area contributed by atoms with Crippen molar-refractivity contribution in [1.29, 1.82) is 0 Å². The Morgan fingerprint density at radius 2 is 2.14 bits per heavy atom. The van der Waals surface area contributed by atoms with E-state index in [1.807, 2.05) is 25.1 Å². The highest BCUT2D eigenvalue weighted by Crippen LogP contribution is 2.47. The number of halogens is 2. The van der Waals surface area contributed by atoms with E-state index in [9.17, 15) is 13.6 Å². The molecule has 49 heavy (non-hydrogen) atoms. The fraction of sp³-hybridized carbons (Fsp3) is 0.444. The van der Waals surface area contributed by atoms with Crippen molar-refractivity contribution in [2.24, 2.45) is 0 Å². The first-order valence-corrected chi connectivity index (χ1v) is 17.4. The highest BCUT2D eigenvalue weighted by Gasteiger charge is 2.49. The van der Waals surface area contributed by atoms with Gasteiger partial charge in [-0.3, -0.25) is 9.69 Å². The molecule has 1 unspecified atom stereocenters. The summed E-state index contributed by atoms with van der Waals surface area (Å²) in [5.74, 6) is 0.0665. The van der Waals surface area contributed by atoms with E-state index in [1.54, 1.807) is 18.1 Å². The van der Waals surface area contributed by atoms with Gasteiger partial charge in [-0.2, -0.15) is 9.97 Å². The number of rotatable bonds is 10. The molecule has 4 aromatic rings. The molecular formula is C36H39F2N7O3S. The van der Waals surface area contributed by atoms with Gasteiger partial charge in [-0.05, 0) is 68.1 Å². The smallest absolute Gasteiger partial charge is 0.319 e. The molecule has 10 nitrogen and oxygen atoms in total. The number of benzene rings is 2. The molecule has 2 aromatic carbocycles. The van der Waals surface area contributed by atoms with Crippen molar-refractivity contribution in [3.63, 3.8) is 0 Å². The summed E-state index contributed by atoms with van der Waals surface area (Å²) in [5.41, 5.74) is 7.98. The lowest BCUT2D eigenvalue weighted by atomic mass is 9.95. The van der Waals surface area contributed by atoms with Gasteiger partial charge in [-0.1, -0.05) is 18.7 Å². The van der Waals surface area contributed by atoms with Crippen LogP contribution < -0.4 is 15.4 Å². The van der Waals surface area contributed by atoms with Crippen LogP contribution in [0.1, 0.15) is 32.6 Å². The maximum absolute atomic E-state index is 14.9. The SMILES string of the molecule is [C-]#[N+]c1c(N)sc2c(F)ccc(-c3ccc4c(N(CC)C5CCN(C(=O)C=C)[C@@H]5COC)nc(OC[C@@]56CCCN5C[C@H](F)C6)nc4c3)c12. The fourth-order valence-corrected chi connectivity index (χ4v) is 9.16. The van der Waals surface area contributed by atoms with E-state index in [-0.39, 0.29) is 46.8 Å². The van der Waals surface area contributed by atoms with Crippen molar-refractivity contribution in [3.05, 3.63) is 60.2 Å². The van der Waals surface area contributed by atoms with Crippen LogP contribution in [0.3, 0.4) is 0 Å². The number of ether oxygens (including phenoxy) is 2. The van der Waals surface area contributed by atoms with Crippen LogP contribution in [0.4, 0.5) is 25.3 Å². The fourth-order valence-electron chi connectivity index (χ4n) is 8.22. The number of methoxy groups -OCH3 is 1. The third-order valence-electron chi connectivity index (χ3n) is 10.4. The minimum atomic E-state index is -0.893. The number of likely N-dealkylation sites (N-methyl/N-ethyl adjacent to an activating group) is 1. The Balaban J connectivity index is 1.35. The summed E-state index contributed by atoms with van der Waals surface area (Å²) in [7, 11) is 1.62. The molecule has 256 valence electrons. The van der Waals surface area contributed by atoms with E-state index in [1.165, 1.54) is 12.1 Å². The Kier molecular flexibility index (Phi) is 8.89. The molecule has 3 fully saturated rings. The van der Waals surface area contributed by atoms with Crippen molar-refractivity contribution in [1.82, 2.24) is 19.8 Å². The average Bonchev–Trinajstić information content (AvgIpc) is 3.85. The van der Waals surface area contributed by atoms with Gasteiger partial charge in [-0.15, -0.1) is 11.3 Å². The molecule has 2 N–H and O–H groups in total. The summed E-state index contributed by atoms with van der Waals surface area (Å²) in [6.45, 7) is 16.5. The van der Waals surface area contributed by atoms with Gasteiger partial charge in [0, 0.05) is 43.9 Å². The molecule has 0 bridgehead atoms. The minimum Gasteiger partial charge on any atom is -0.461 e. The van der Waals surface area contributed by atoms with Crippen LogP contribution in [0.15, 0.2) is 43.0 Å². The van der Waals surface area contributed by atoms with Crippen LogP contribution >= 0.6 is 11.3 Å². The van der Waals surface area contributed by atoms with Crippen molar-refractivity contribution in [2.75, 3.05) is 57.1 Å². The third kappa shape index (κ3) is 5.65. The lowest BCUT2D eigenvalue weighted by Gasteiger charge is -2.36. The lowest BCUT2D eigenvalue weighted by Crippen LogP contribution is -2.49. The highest BCUT2D eigenvalue weighted by atomic mass is 32.1. The third-order valence-corrected chi connectivity index (χ3v) is 11.4. The number of alkyl halides is 1. The molecule has 7 rings (SSSR count). The first-order valence-electron chi connectivity index (χ1n) is 16.6. The van der Waals surface area contributed by atoms with Gasteiger partial charge < -0.3 is 25.0 Å². The van der Waals surface area contributed by atoms with E-state index in [4.69, 9.17) is 31.7 Å². The Labute approximate surface area is 287 Å². The molecule has 0 saturated carbocycles. The molecule has 0 radical (unpaired) electrons. The molecule has 0 aliphatic carbocycles. The highest BCUT2D eigenvalue weighted by molar-refractivity contribution is 7.23. The quantitative estimate of drug-likeness (QED) is 0.152. The van der Waals surface area contributed by atoms with E-state index in [0.29, 0.717) is 66.1 Å². The lowest BCUT2D eigenvalue weighted by molar-refractivity contribution is -0.127. The standard InChI is InChI=1S/C36H39F2N7O3S/c1-5-29(46)45-15-12-27(28(45)19-47-4)44(6-2)34-24-9-8-21(23-10-11-25(38)32-30(23)31(40-3)33(39)49-32)16-26(24)41-35(42-34)48-20-36-13-7-14-43(36)18-22(37)17-36/h5,8-11,16,22,27-28H,1,6-7,12-15,17-20,39H2,2,4H3/t22-,27?,28-,36+/m1/s1. The predicted octanol–water partition coefficient (Wildman–Crippen LogP) is 6.37. The predicted molar refractivity (Wildman–Crippen MR) is 189 cm³/mol. The molecule has 4 atom stereocenters. The Bertz CT molecular complexity index is 1980. The molecule has 3 saturated heterocycles. The number of amides is 1. The normalized spacial score (nSPS) is 23.7. The van der Waals surface area contributed by atoms with Gasteiger partial charge in [0.25, 0.3) is 0 Å². The summed E-state index contributed by atoms with van der Waals surface area (Å²) in [5, 5.41) is 1.51. The van der Waals surface area contributed by atoms with Crippen LogP contribution in [-0.2, 0) is 9.53 Å². The maximum Gasteiger partial charge on any atom is 0.319 e. The van der Waals surface area contributed by atoms with Crippen LogP contribution in [0.2, 0.25) is 0 Å². The van der Waals surface area contributed by atoms with Crippen molar-refractivity contribution >= 4 is 54.7 Å². The number of nitrogens with two attached hydrogens (primary N) is 1. The summed E-state index contributed by atoms with van der Waals surface area (Å²) in [6.07, 6.45) is 3.39. The van der Waals surface area contributed by atoms with Crippen molar-refractivity contribution in [3.8, 4) is 17.1 Å². The van der Waals surface area contributed by atoms with Gasteiger partial charge in [0.1, 0.15) is 24.4 Å². The van der Waals surface area contributed by atoms with E-state index in [0.717, 1.165) is 41.7 Å². The summed E-state index contributed by atoms with van der Waals surface area (Å²) < 4.78 is 41.8. The second kappa shape index (κ2) is 13.2. The van der Waals surface area contributed by atoms with Crippen LogP contribution in [0.25, 0.3) is 37.0 Å². The first-order chi connectivity index (χ1) is 23.7. The number of carbonyl (C=O) groups excluding carboxylic acids is 1. The van der Waals surface area contributed by atoms with Gasteiger partial charge in [0.15, 0.2) is 0 Å². The number of nitrogens with zero attached hydrogens (tertiary/aromatic N) is 6. The van der Waals surface area contributed by atoms with Gasteiger partial charge in [0.05, 0.1) is 46.0 Å². The largest absolute Gasteiger partial charge is 0.461 e. The Morgan fingerprint density at radius 1 is 1.31 bits per heavy atom. The number of nitrogen functional groups attached to an aromatic ring is 1. The van der Waals surface area contributed by atoms with Gasteiger partial charge >= 0.3 is 6.01 Å². The minimum absolute atomic E-state index is 0.114. The molecule has 3 aliphatic rings. The first kappa shape index (κ1) is 33.1.